The van der Waals surface area contributed by atoms with Gasteiger partial charge in [0.05, 0.1) is 11.4 Å². The van der Waals surface area contributed by atoms with Crippen LogP contribution in [0.2, 0.25) is 0 Å². The second kappa shape index (κ2) is 10.1. The highest BCUT2D eigenvalue weighted by molar-refractivity contribution is 7.89. The van der Waals surface area contributed by atoms with Gasteiger partial charge in [-0.1, -0.05) is 30.8 Å². The summed E-state index contributed by atoms with van der Waals surface area (Å²) in [6.45, 7) is 4.89. The number of nitrogens with two attached hydrogens (primary N) is 1. The fraction of sp³-hybridized carbons (Fsp3) is 0.240. The van der Waals surface area contributed by atoms with Gasteiger partial charge in [0.2, 0.25) is 15.9 Å². The Balaban J connectivity index is 1.42. The molecule has 0 spiro atoms. The number of sulfonamides is 1. The molecule has 1 amide bonds. The molecule has 1 atom stereocenters. The van der Waals surface area contributed by atoms with Gasteiger partial charge in [0.15, 0.2) is 5.65 Å². The van der Waals surface area contributed by atoms with Gasteiger partial charge in [0.1, 0.15) is 22.7 Å². The number of hydrogen-bond acceptors (Lipinski definition) is 8. The van der Waals surface area contributed by atoms with Crippen molar-refractivity contribution in [3.05, 3.63) is 73.3 Å². The van der Waals surface area contributed by atoms with Crippen LogP contribution in [-0.4, -0.2) is 57.0 Å². The first-order chi connectivity index (χ1) is 17.9. The van der Waals surface area contributed by atoms with E-state index in [2.05, 4.69) is 26.3 Å². The van der Waals surface area contributed by atoms with Crippen molar-refractivity contribution >= 4 is 32.8 Å². The third-order valence-corrected chi connectivity index (χ3v) is 7.77. The Hall–Kier alpha value is -4.16. The first-order valence-electron chi connectivity index (χ1n) is 11.8. The fourth-order valence-electron chi connectivity index (χ4n) is 4.48. The number of hydrogen-bond donors (Lipinski definition) is 2. The lowest BCUT2D eigenvalue weighted by Gasteiger charge is -2.32. The van der Waals surface area contributed by atoms with Crippen LogP contribution in [0.5, 0.6) is 0 Å². The Morgan fingerprint density at radius 3 is 2.76 bits per heavy atom. The lowest BCUT2D eigenvalue weighted by Crippen LogP contribution is -2.40. The lowest BCUT2D eigenvalue weighted by molar-refractivity contribution is -0.127. The number of likely N-dealkylation sites (tertiary alicyclic amines) is 1. The quantitative estimate of drug-likeness (QED) is 0.354. The smallest absolute Gasteiger partial charge is 0.246 e. The van der Waals surface area contributed by atoms with E-state index in [4.69, 9.17) is 10.8 Å². The predicted molar refractivity (Wildman–Crippen MR) is 138 cm³/mol. The molecule has 11 nitrogen and oxygen atoms in total. The number of pyridine rings is 1. The molecule has 1 aromatic carbocycles. The molecule has 3 aromatic heterocycles. The van der Waals surface area contributed by atoms with Crippen molar-refractivity contribution in [3.63, 3.8) is 0 Å². The van der Waals surface area contributed by atoms with Crippen molar-refractivity contribution in [2.75, 3.05) is 18.8 Å². The highest BCUT2D eigenvalue weighted by Gasteiger charge is 2.28. The summed E-state index contributed by atoms with van der Waals surface area (Å²) in [5, 5.41) is 5.51. The number of anilines is 1. The van der Waals surface area contributed by atoms with E-state index in [1.165, 1.54) is 30.9 Å². The topological polar surface area (TPSA) is 149 Å². The third kappa shape index (κ3) is 4.93. The molecule has 4 aromatic rings. The lowest BCUT2D eigenvalue weighted by atomic mass is 10.1. The maximum atomic E-state index is 12.5. The summed E-state index contributed by atoms with van der Waals surface area (Å²) in [5.41, 5.74) is 9.05. The van der Waals surface area contributed by atoms with Crippen molar-refractivity contribution in [3.8, 4) is 11.3 Å². The maximum absolute atomic E-state index is 12.5. The van der Waals surface area contributed by atoms with Gasteiger partial charge in [0.25, 0.3) is 0 Å². The van der Waals surface area contributed by atoms with Gasteiger partial charge >= 0.3 is 0 Å². The average Bonchev–Trinajstić information content (AvgIpc) is 3.33. The average molecular weight is 519 g/mol. The monoisotopic (exact) mass is 518 g/mol. The van der Waals surface area contributed by atoms with E-state index in [-0.39, 0.29) is 23.4 Å². The van der Waals surface area contributed by atoms with Crippen LogP contribution in [0.4, 0.5) is 5.82 Å². The minimum absolute atomic E-state index is 0.0654. The minimum Gasteiger partial charge on any atom is -0.383 e. The molecule has 5 rings (SSSR count). The van der Waals surface area contributed by atoms with Gasteiger partial charge in [-0.15, -0.1) is 0 Å². The number of rotatable bonds is 7. The number of amides is 1. The Morgan fingerprint density at radius 1 is 1.22 bits per heavy atom. The van der Waals surface area contributed by atoms with Gasteiger partial charge < -0.3 is 10.6 Å². The Labute approximate surface area is 214 Å². The molecule has 4 heterocycles. The van der Waals surface area contributed by atoms with Crippen LogP contribution in [-0.2, 0) is 21.4 Å². The number of nitrogens with one attached hydrogen (secondary N) is 1. The van der Waals surface area contributed by atoms with Crippen molar-refractivity contribution < 1.29 is 13.2 Å². The van der Waals surface area contributed by atoms with Crippen LogP contribution in [0, 0.1) is 0 Å². The predicted octanol–water partition coefficient (Wildman–Crippen LogP) is 2.30. The van der Waals surface area contributed by atoms with Crippen molar-refractivity contribution in [2.24, 2.45) is 0 Å². The summed E-state index contributed by atoms with van der Waals surface area (Å²) in [5.74, 6) is 0.208. The number of carbonyl (C=O) groups excluding carboxylic acids is 1. The summed E-state index contributed by atoms with van der Waals surface area (Å²) in [6.07, 6.45) is 7.24. The molecule has 0 saturated carbocycles. The summed E-state index contributed by atoms with van der Waals surface area (Å²) >= 11 is 0. The number of carbonyl (C=O) groups is 1. The molecule has 190 valence electrons. The number of nitrogen functional groups attached to an aromatic ring is 1. The fourth-order valence-corrected chi connectivity index (χ4v) is 5.46. The van der Waals surface area contributed by atoms with Crippen LogP contribution in [0.15, 0.2) is 72.7 Å². The molecule has 0 bridgehead atoms. The summed E-state index contributed by atoms with van der Waals surface area (Å²) < 4.78 is 29.4. The summed E-state index contributed by atoms with van der Waals surface area (Å²) in [7, 11) is -3.67. The van der Waals surface area contributed by atoms with E-state index < -0.39 is 10.0 Å². The highest BCUT2D eigenvalue weighted by atomic mass is 32.2. The van der Waals surface area contributed by atoms with Gasteiger partial charge in [-0.05, 0) is 36.6 Å². The summed E-state index contributed by atoms with van der Waals surface area (Å²) in [6, 6.07) is 10.4. The van der Waals surface area contributed by atoms with E-state index in [9.17, 15) is 13.2 Å². The van der Waals surface area contributed by atoms with Gasteiger partial charge in [-0.25, -0.2) is 27.8 Å². The number of aromatic nitrogens is 5. The van der Waals surface area contributed by atoms with Crippen LogP contribution in [0.25, 0.3) is 22.3 Å². The second-order valence-corrected chi connectivity index (χ2v) is 10.5. The second-order valence-electron chi connectivity index (χ2n) is 8.75. The molecule has 3 N–H and O–H groups in total. The zero-order chi connectivity index (χ0) is 26.0. The first-order valence-corrected chi connectivity index (χ1v) is 13.2. The molecular weight excluding hydrogens is 492 g/mol. The normalized spacial score (nSPS) is 16.1. The SMILES string of the molecule is C=CC(=O)N1CCC[C@@H](n2nc(-c3ccc(CNS(=O)(=O)c4cccnc4)cc3)c3c(N)ncnc32)C1. The Morgan fingerprint density at radius 2 is 2.03 bits per heavy atom. The van der Waals surface area contributed by atoms with Crippen LogP contribution in [0.3, 0.4) is 0 Å². The molecule has 1 fully saturated rings. The van der Waals surface area contributed by atoms with E-state index in [0.717, 1.165) is 24.0 Å². The molecular formula is C25H26N8O3S. The first kappa shape index (κ1) is 24.5. The van der Waals surface area contributed by atoms with E-state index in [0.29, 0.717) is 35.6 Å². The van der Waals surface area contributed by atoms with Crippen LogP contribution >= 0.6 is 0 Å². The van der Waals surface area contributed by atoms with Gasteiger partial charge in [-0.2, -0.15) is 5.10 Å². The maximum Gasteiger partial charge on any atom is 0.246 e. The zero-order valence-corrected chi connectivity index (χ0v) is 20.8. The number of piperidine rings is 1. The number of benzene rings is 1. The summed E-state index contributed by atoms with van der Waals surface area (Å²) in [4.78, 5) is 26.6. The van der Waals surface area contributed by atoms with Gasteiger partial charge in [0, 0.05) is 37.6 Å². The van der Waals surface area contributed by atoms with Crippen LogP contribution in [0.1, 0.15) is 24.4 Å². The zero-order valence-electron chi connectivity index (χ0n) is 20.0. The number of nitrogens with zero attached hydrogens (tertiary/aromatic N) is 6. The molecule has 37 heavy (non-hydrogen) atoms. The van der Waals surface area contributed by atoms with E-state index in [1.807, 2.05) is 28.9 Å². The molecule has 0 aliphatic carbocycles. The van der Waals surface area contributed by atoms with E-state index in [1.54, 1.807) is 11.0 Å². The Kier molecular flexibility index (Phi) is 6.68. The Bertz CT molecular complexity index is 1550. The third-order valence-electron chi connectivity index (χ3n) is 6.39. The molecule has 1 aliphatic heterocycles. The highest BCUT2D eigenvalue weighted by Crippen LogP contribution is 2.33. The van der Waals surface area contributed by atoms with Crippen molar-refractivity contribution in [2.45, 2.75) is 30.3 Å². The molecule has 1 saturated heterocycles. The number of fused-ring (bicyclic) bond motifs is 1. The largest absolute Gasteiger partial charge is 0.383 e. The standard InChI is InChI=1S/C25H26N8O3S/c1-2-21(34)32-12-4-5-19(15-32)33-25-22(24(26)28-16-29-25)23(31-33)18-9-7-17(8-10-18)13-30-37(35,36)20-6-3-11-27-14-20/h2-3,6-11,14,16,19,30H,1,4-5,12-13,15H2,(H2,26,28,29)/t19-/m1/s1. The van der Waals surface area contributed by atoms with Crippen LogP contribution < -0.4 is 10.5 Å². The molecule has 0 unspecified atom stereocenters. The van der Waals surface area contributed by atoms with Gasteiger partial charge in [-0.3, -0.25) is 9.78 Å². The minimum atomic E-state index is -3.67. The molecule has 1 aliphatic rings. The molecule has 12 heteroatoms. The van der Waals surface area contributed by atoms with E-state index >= 15 is 0 Å². The van der Waals surface area contributed by atoms with Crippen molar-refractivity contribution in [1.82, 2.24) is 34.4 Å². The van der Waals surface area contributed by atoms with Crippen molar-refractivity contribution in [1.29, 1.82) is 0 Å². The molecule has 0 radical (unpaired) electrons.